The predicted molar refractivity (Wildman–Crippen MR) is 59.8 cm³/mol. The van der Waals surface area contributed by atoms with E-state index in [1.807, 2.05) is 12.3 Å². The third-order valence-corrected chi connectivity index (χ3v) is 2.48. The van der Waals surface area contributed by atoms with Gasteiger partial charge in [-0.25, -0.2) is 0 Å². The quantitative estimate of drug-likeness (QED) is 0.452. The summed E-state index contributed by atoms with van der Waals surface area (Å²) in [5, 5.41) is 2.02. The van der Waals surface area contributed by atoms with Crippen LogP contribution >= 0.6 is 11.8 Å². The van der Waals surface area contributed by atoms with Crippen LogP contribution in [0.4, 0.5) is 0 Å². The first-order valence-electron chi connectivity index (χ1n) is 4.12. The average molecular weight is 183 g/mol. The number of allylic oxidation sites excluding steroid dienone is 1. The van der Waals surface area contributed by atoms with Gasteiger partial charge in [0.05, 0.1) is 0 Å². The molecule has 0 rings (SSSR count). The van der Waals surface area contributed by atoms with Gasteiger partial charge in [-0.3, -0.25) is 4.99 Å². The summed E-state index contributed by atoms with van der Waals surface area (Å²) in [5.41, 5.74) is 2.28. The van der Waals surface area contributed by atoms with Crippen LogP contribution in [0.5, 0.6) is 0 Å². The fourth-order valence-corrected chi connectivity index (χ4v) is 1.52. The lowest BCUT2D eigenvalue weighted by atomic mass is 10.2. The van der Waals surface area contributed by atoms with Gasteiger partial charge >= 0.3 is 0 Å². The van der Waals surface area contributed by atoms with Crippen molar-refractivity contribution < 1.29 is 0 Å². The molecule has 0 heterocycles. The first kappa shape index (κ1) is 11.5. The van der Waals surface area contributed by atoms with Gasteiger partial charge in [0.25, 0.3) is 0 Å². The van der Waals surface area contributed by atoms with E-state index < -0.39 is 0 Å². The van der Waals surface area contributed by atoms with Crippen molar-refractivity contribution in [1.82, 2.24) is 0 Å². The van der Waals surface area contributed by atoms with E-state index in [0.717, 1.165) is 17.9 Å². The second-order valence-corrected chi connectivity index (χ2v) is 3.59. The van der Waals surface area contributed by atoms with E-state index in [0.29, 0.717) is 0 Å². The summed E-state index contributed by atoms with van der Waals surface area (Å²) in [6.45, 7) is 11.5. The molecule has 0 atom stereocenters. The van der Waals surface area contributed by atoms with Crippen LogP contribution in [0.3, 0.4) is 0 Å². The van der Waals surface area contributed by atoms with Crippen molar-refractivity contribution in [3.8, 4) is 0 Å². The zero-order chi connectivity index (χ0) is 9.40. The van der Waals surface area contributed by atoms with Gasteiger partial charge in [0, 0.05) is 11.4 Å². The molecule has 0 fully saturated rings. The van der Waals surface area contributed by atoms with Crippen LogP contribution in [0, 0.1) is 0 Å². The molecule has 0 amide bonds. The molecule has 0 aromatic rings. The smallest absolute Gasteiger partial charge is 0.0428 e. The van der Waals surface area contributed by atoms with Crippen LogP contribution in [0.2, 0.25) is 0 Å². The second kappa shape index (κ2) is 7.17. The number of thioether (sulfide) groups is 1. The maximum Gasteiger partial charge on any atom is 0.0428 e. The third-order valence-electron chi connectivity index (χ3n) is 1.39. The van der Waals surface area contributed by atoms with Crippen molar-refractivity contribution in [1.29, 1.82) is 0 Å². The van der Waals surface area contributed by atoms with Gasteiger partial charge in [0.2, 0.25) is 0 Å². The lowest BCUT2D eigenvalue weighted by molar-refractivity contribution is 0.913. The normalized spacial score (nSPS) is 11.3. The number of rotatable bonds is 6. The molecule has 0 spiro atoms. The molecule has 0 aromatic carbocycles. The molecular weight excluding hydrogens is 166 g/mol. The molecule has 0 bridgehead atoms. The van der Waals surface area contributed by atoms with Gasteiger partial charge in [0.15, 0.2) is 0 Å². The lowest BCUT2D eigenvalue weighted by Gasteiger charge is -1.99. The van der Waals surface area contributed by atoms with Gasteiger partial charge in [-0.2, -0.15) is 0 Å². The van der Waals surface area contributed by atoms with E-state index in [4.69, 9.17) is 0 Å². The highest BCUT2D eigenvalue weighted by molar-refractivity contribution is 8.02. The molecule has 68 valence electrons. The number of hydrogen-bond acceptors (Lipinski definition) is 2. The van der Waals surface area contributed by atoms with Crippen molar-refractivity contribution in [2.24, 2.45) is 4.99 Å². The zero-order valence-corrected chi connectivity index (χ0v) is 8.78. The molecule has 0 aliphatic carbocycles. The predicted octanol–water partition coefficient (Wildman–Crippen LogP) is 3.64. The molecule has 0 radical (unpaired) electrons. The molecule has 2 heteroatoms. The Hall–Kier alpha value is -0.500. The van der Waals surface area contributed by atoms with E-state index in [1.165, 1.54) is 12.0 Å². The van der Waals surface area contributed by atoms with Gasteiger partial charge in [-0.1, -0.05) is 25.5 Å². The Morgan fingerprint density at radius 3 is 2.75 bits per heavy atom. The Labute approximate surface area is 79.7 Å². The molecule has 12 heavy (non-hydrogen) atoms. The zero-order valence-electron chi connectivity index (χ0n) is 7.97. The van der Waals surface area contributed by atoms with Crippen molar-refractivity contribution in [3.05, 3.63) is 23.3 Å². The lowest BCUT2D eigenvalue weighted by Crippen LogP contribution is -1.82. The van der Waals surface area contributed by atoms with Crippen LogP contribution in [0.15, 0.2) is 28.2 Å². The SMILES string of the molecule is C=N/C(C)=C\SCC(=C)CCC. The van der Waals surface area contributed by atoms with Crippen molar-refractivity contribution in [3.63, 3.8) is 0 Å². The van der Waals surface area contributed by atoms with Gasteiger partial charge < -0.3 is 0 Å². The Morgan fingerprint density at radius 1 is 1.58 bits per heavy atom. The molecule has 1 nitrogen and oxygen atoms in total. The Kier molecular flexibility index (Phi) is 6.87. The van der Waals surface area contributed by atoms with Crippen molar-refractivity contribution >= 4 is 18.5 Å². The largest absolute Gasteiger partial charge is 0.269 e. The second-order valence-electron chi connectivity index (χ2n) is 2.73. The molecular formula is C10H17NS. The summed E-state index contributed by atoms with van der Waals surface area (Å²) in [5.74, 6) is 1.00. The minimum Gasteiger partial charge on any atom is -0.269 e. The average Bonchev–Trinajstić information content (AvgIpc) is 2.04. The highest BCUT2D eigenvalue weighted by Crippen LogP contribution is 2.14. The summed E-state index contributed by atoms with van der Waals surface area (Å²) in [7, 11) is 0. The number of aliphatic imine (C=N–C) groups is 1. The molecule has 0 aliphatic heterocycles. The minimum absolute atomic E-state index is 0.976. The van der Waals surface area contributed by atoms with Gasteiger partial charge in [-0.15, -0.1) is 11.8 Å². The van der Waals surface area contributed by atoms with E-state index in [1.54, 1.807) is 11.8 Å². The third kappa shape index (κ3) is 6.23. The summed E-state index contributed by atoms with van der Waals surface area (Å²) in [6, 6.07) is 0. The first-order chi connectivity index (χ1) is 5.70. The van der Waals surface area contributed by atoms with Crippen LogP contribution in [0.25, 0.3) is 0 Å². The van der Waals surface area contributed by atoms with Crippen molar-refractivity contribution in [2.45, 2.75) is 26.7 Å². The van der Waals surface area contributed by atoms with Crippen LogP contribution < -0.4 is 0 Å². The highest BCUT2D eigenvalue weighted by atomic mass is 32.2. The molecule has 0 N–H and O–H groups in total. The summed E-state index contributed by atoms with van der Waals surface area (Å²) >= 11 is 1.74. The molecule has 0 aromatic heterocycles. The van der Waals surface area contributed by atoms with Crippen LogP contribution in [-0.4, -0.2) is 12.5 Å². The van der Waals surface area contributed by atoms with E-state index in [-0.39, 0.29) is 0 Å². The Morgan fingerprint density at radius 2 is 2.25 bits per heavy atom. The molecule has 0 saturated heterocycles. The Bertz CT molecular complexity index is 182. The van der Waals surface area contributed by atoms with Crippen LogP contribution in [-0.2, 0) is 0 Å². The van der Waals surface area contributed by atoms with E-state index >= 15 is 0 Å². The van der Waals surface area contributed by atoms with Crippen molar-refractivity contribution in [2.75, 3.05) is 5.75 Å². The summed E-state index contributed by atoms with van der Waals surface area (Å²) in [4.78, 5) is 3.79. The van der Waals surface area contributed by atoms with E-state index in [9.17, 15) is 0 Å². The van der Waals surface area contributed by atoms with Crippen LogP contribution in [0.1, 0.15) is 26.7 Å². The maximum atomic E-state index is 3.97. The standard InChI is InChI=1S/C10H17NS/c1-5-6-9(2)7-12-8-10(3)11-4/h8H,2,4-7H2,1,3H3/b10-8-. The number of nitrogens with zero attached hydrogens (tertiary/aromatic N) is 1. The molecule has 0 unspecified atom stereocenters. The monoisotopic (exact) mass is 183 g/mol. The summed E-state index contributed by atoms with van der Waals surface area (Å²) in [6.07, 6.45) is 2.31. The molecule has 0 saturated carbocycles. The van der Waals surface area contributed by atoms with Gasteiger partial charge in [0.1, 0.15) is 0 Å². The molecule has 0 aliphatic rings. The fourth-order valence-electron chi connectivity index (χ4n) is 0.743. The summed E-state index contributed by atoms with van der Waals surface area (Å²) < 4.78 is 0. The topological polar surface area (TPSA) is 12.4 Å². The van der Waals surface area contributed by atoms with Gasteiger partial charge in [-0.05, 0) is 25.5 Å². The minimum atomic E-state index is 0.976. The number of hydrogen-bond donors (Lipinski definition) is 0. The fraction of sp³-hybridized carbons (Fsp3) is 0.500. The van der Waals surface area contributed by atoms with E-state index in [2.05, 4.69) is 25.2 Å². The highest BCUT2D eigenvalue weighted by Gasteiger charge is 1.91. The maximum absolute atomic E-state index is 3.97. The Balaban J connectivity index is 3.55. The first-order valence-corrected chi connectivity index (χ1v) is 5.17.